The number of aromatic nitrogens is 2. The largest absolute Gasteiger partial charge is 0.301 e. The molecule has 1 aliphatic heterocycles. The number of amides is 1. The maximum absolute atomic E-state index is 11.7. The number of carbonyl (C=O) groups is 1. The Kier molecular flexibility index (Phi) is 3.01. The van der Waals surface area contributed by atoms with E-state index in [0.717, 1.165) is 28.5 Å². The third-order valence-corrected chi connectivity index (χ3v) is 4.30. The molecule has 3 rings (SSSR count). The van der Waals surface area contributed by atoms with E-state index >= 15 is 0 Å². The number of anilines is 1. The van der Waals surface area contributed by atoms with Crippen molar-refractivity contribution in [1.29, 1.82) is 0 Å². The lowest BCUT2D eigenvalue weighted by atomic mass is 10.3. The number of nitrogens with zero attached hydrogens (tertiary/aromatic N) is 3. The molecule has 0 aliphatic carbocycles. The molecule has 0 spiro atoms. The molecule has 1 fully saturated rings. The van der Waals surface area contributed by atoms with Gasteiger partial charge in [-0.25, -0.2) is 4.98 Å². The summed E-state index contributed by atoms with van der Waals surface area (Å²) in [5.74, 6) is 0.123. The third kappa shape index (κ3) is 2.00. The minimum atomic E-state index is 0.123. The monoisotopic (exact) mass is 279 g/mol. The molecular formula is C12H10ClN3OS. The molecule has 6 heteroatoms. The lowest BCUT2D eigenvalue weighted by Gasteiger charge is -2.12. The lowest BCUT2D eigenvalue weighted by Crippen LogP contribution is -2.22. The molecule has 18 heavy (non-hydrogen) atoms. The average Bonchev–Trinajstić information content (AvgIpc) is 2.96. The first-order chi connectivity index (χ1) is 8.75. The van der Waals surface area contributed by atoms with Gasteiger partial charge in [0.2, 0.25) is 5.91 Å². The Hall–Kier alpha value is -1.46. The van der Waals surface area contributed by atoms with Gasteiger partial charge in [-0.05, 0) is 18.6 Å². The topological polar surface area (TPSA) is 46.1 Å². The van der Waals surface area contributed by atoms with Crippen LogP contribution in [0.2, 0.25) is 5.15 Å². The number of thiazole rings is 1. The Morgan fingerprint density at radius 1 is 1.44 bits per heavy atom. The molecule has 0 unspecified atom stereocenters. The van der Waals surface area contributed by atoms with Gasteiger partial charge in [0.25, 0.3) is 0 Å². The third-order valence-electron chi connectivity index (χ3n) is 2.80. The molecule has 0 atom stereocenters. The number of pyridine rings is 1. The second-order valence-corrected chi connectivity index (χ2v) is 5.34. The van der Waals surface area contributed by atoms with E-state index in [1.165, 1.54) is 11.3 Å². The number of carbonyl (C=O) groups excluding carboxylic acids is 1. The second kappa shape index (κ2) is 4.66. The Labute approximate surface area is 113 Å². The van der Waals surface area contributed by atoms with Crippen LogP contribution in [0.1, 0.15) is 12.8 Å². The first-order valence-electron chi connectivity index (χ1n) is 5.63. The molecule has 0 N–H and O–H groups in total. The first kappa shape index (κ1) is 11.6. The molecular weight excluding hydrogens is 270 g/mol. The summed E-state index contributed by atoms with van der Waals surface area (Å²) < 4.78 is 0. The average molecular weight is 280 g/mol. The number of halogens is 1. The molecule has 1 aliphatic rings. The van der Waals surface area contributed by atoms with Crippen molar-refractivity contribution in [3.63, 3.8) is 0 Å². The molecule has 0 saturated carbocycles. The molecule has 0 radical (unpaired) electrons. The van der Waals surface area contributed by atoms with Gasteiger partial charge in [-0.15, -0.1) is 0 Å². The minimum Gasteiger partial charge on any atom is -0.301 e. The normalized spacial score (nSPS) is 15.4. The molecule has 1 saturated heterocycles. The van der Waals surface area contributed by atoms with E-state index in [1.54, 1.807) is 17.3 Å². The van der Waals surface area contributed by atoms with Crippen LogP contribution in [0.15, 0.2) is 24.5 Å². The highest BCUT2D eigenvalue weighted by Crippen LogP contribution is 2.38. The van der Waals surface area contributed by atoms with Crippen LogP contribution < -0.4 is 4.90 Å². The minimum absolute atomic E-state index is 0.123. The Bertz CT molecular complexity index is 584. The standard InChI is InChI=1S/C12H10ClN3OS/c13-10-12(16-6-2-4-9(16)17)18-11(15-10)8-3-1-5-14-7-8/h1,3,5,7H,2,4,6H2. The Morgan fingerprint density at radius 2 is 2.33 bits per heavy atom. The fourth-order valence-corrected chi connectivity index (χ4v) is 3.28. The molecule has 3 heterocycles. The Morgan fingerprint density at radius 3 is 3.00 bits per heavy atom. The van der Waals surface area contributed by atoms with Gasteiger partial charge in [0.15, 0.2) is 5.15 Å². The fraction of sp³-hybridized carbons (Fsp3) is 0.250. The van der Waals surface area contributed by atoms with Crippen molar-refractivity contribution in [3.05, 3.63) is 29.7 Å². The zero-order valence-electron chi connectivity index (χ0n) is 9.47. The van der Waals surface area contributed by atoms with Crippen LogP contribution in [0.3, 0.4) is 0 Å². The van der Waals surface area contributed by atoms with E-state index in [1.807, 2.05) is 12.1 Å². The van der Waals surface area contributed by atoms with Crippen molar-refractivity contribution in [2.45, 2.75) is 12.8 Å². The van der Waals surface area contributed by atoms with Crippen LogP contribution in [0, 0.1) is 0 Å². The summed E-state index contributed by atoms with van der Waals surface area (Å²) in [5.41, 5.74) is 0.919. The number of hydrogen-bond acceptors (Lipinski definition) is 4. The zero-order chi connectivity index (χ0) is 12.5. The van der Waals surface area contributed by atoms with Gasteiger partial charge in [0.1, 0.15) is 10.0 Å². The van der Waals surface area contributed by atoms with Crippen molar-refractivity contribution < 1.29 is 4.79 Å². The fourth-order valence-electron chi connectivity index (χ4n) is 1.94. The van der Waals surface area contributed by atoms with Crippen LogP contribution in [0.4, 0.5) is 5.00 Å². The van der Waals surface area contributed by atoms with Crippen LogP contribution in [0.25, 0.3) is 10.6 Å². The summed E-state index contributed by atoms with van der Waals surface area (Å²) in [6.45, 7) is 0.729. The zero-order valence-corrected chi connectivity index (χ0v) is 11.0. The van der Waals surface area contributed by atoms with Crippen LogP contribution in [0.5, 0.6) is 0 Å². The quantitative estimate of drug-likeness (QED) is 0.849. The van der Waals surface area contributed by atoms with E-state index in [2.05, 4.69) is 9.97 Å². The maximum atomic E-state index is 11.7. The van der Waals surface area contributed by atoms with Crippen LogP contribution in [-0.4, -0.2) is 22.4 Å². The molecule has 2 aromatic rings. The van der Waals surface area contributed by atoms with Crippen LogP contribution >= 0.6 is 22.9 Å². The summed E-state index contributed by atoms with van der Waals surface area (Å²) in [6.07, 6.45) is 4.93. The SMILES string of the molecule is O=C1CCCN1c1sc(-c2cccnc2)nc1Cl. The van der Waals surface area contributed by atoms with E-state index in [9.17, 15) is 4.79 Å². The van der Waals surface area contributed by atoms with Crippen molar-refractivity contribution in [2.24, 2.45) is 0 Å². The van der Waals surface area contributed by atoms with Crippen molar-refractivity contribution >= 4 is 33.8 Å². The van der Waals surface area contributed by atoms with Crippen molar-refractivity contribution in [2.75, 3.05) is 11.4 Å². The summed E-state index contributed by atoms with van der Waals surface area (Å²) in [7, 11) is 0. The smallest absolute Gasteiger partial charge is 0.227 e. The van der Waals surface area contributed by atoms with Gasteiger partial charge in [0, 0.05) is 30.9 Å². The van der Waals surface area contributed by atoms with Gasteiger partial charge >= 0.3 is 0 Å². The van der Waals surface area contributed by atoms with Gasteiger partial charge in [-0.2, -0.15) is 0 Å². The predicted molar refractivity (Wildman–Crippen MR) is 71.9 cm³/mol. The molecule has 0 bridgehead atoms. The van der Waals surface area contributed by atoms with Crippen molar-refractivity contribution in [3.8, 4) is 10.6 Å². The van der Waals surface area contributed by atoms with Gasteiger partial charge < -0.3 is 4.90 Å². The van der Waals surface area contributed by atoms with E-state index in [4.69, 9.17) is 11.6 Å². The molecule has 2 aromatic heterocycles. The van der Waals surface area contributed by atoms with E-state index < -0.39 is 0 Å². The van der Waals surface area contributed by atoms with Gasteiger partial charge in [0.05, 0.1) is 0 Å². The maximum Gasteiger partial charge on any atom is 0.227 e. The molecule has 1 amide bonds. The van der Waals surface area contributed by atoms with Crippen LogP contribution in [-0.2, 0) is 4.79 Å². The van der Waals surface area contributed by atoms with Gasteiger partial charge in [-0.3, -0.25) is 9.78 Å². The molecule has 0 aromatic carbocycles. The number of rotatable bonds is 2. The van der Waals surface area contributed by atoms with E-state index in [-0.39, 0.29) is 5.91 Å². The predicted octanol–water partition coefficient (Wildman–Crippen LogP) is 2.99. The summed E-state index contributed by atoms with van der Waals surface area (Å²) >= 11 is 7.56. The summed E-state index contributed by atoms with van der Waals surface area (Å²) in [5, 5.41) is 1.94. The summed E-state index contributed by atoms with van der Waals surface area (Å²) in [6, 6.07) is 3.78. The van der Waals surface area contributed by atoms with E-state index in [0.29, 0.717) is 11.6 Å². The summed E-state index contributed by atoms with van der Waals surface area (Å²) in [4.78, 5) is 21.8. The van der Waals surface area contributed by atoms with Crippen molar-refractivity contribution in [1.82, 2.24) is 9.97 Å². The second-order valence-electron chi connectivity index (χ2n) is 4.01. The highest BCUT2D eigenvalue weighted by atomic mass is 35.5. The highest BCUT2D eigenvalue weighted by Gasteiger charge is 2.26. The number of hydrogen-bond donors (Lipinski definition) is 0. The Balaban J connectivity index is 1.99. The highest BCUT2D eigenvalue weighted by molar-refractivity contribution is 7.19. The molecule has 4 nitrogen and oxygen atoms in total. The molecule has 92 valence electrons. The van der Waals surface area contributed by atoms with Gasteiger partial charge in [-0.1, -0.05) is 22.9 Å². The first-order valence-corrected chi connectivity index (χ1v) is 6.82. The lowest BCUT2D eigenvalue weighted by molar-refractivity contribution is -0.117.